The normalized spacial score (nSPS) is 11.5. The molecule has 1 aromatic heterocycles. The maximum Gasteiger partial charge on any atom is 0.341 e. The van der Waals surface area contributed by atoms with E-state index in [1.165, 1.54) is 18.2 Å². The number of carbonyl (C=O) groups excluding carboxylic acids is 1. The zero-order valence-electron chi connectivity index (χ0n) is 19.0. The van der Waals surface area contributed by atoms with Gasteiger partial charge in [0, 0.05) is 6.54 Å². The Bertz CT molecular complexity index is 1230. The van der Waals surface area contributed by atoms with E-state index in [4.69, 9.17) is 14.5 Å². The summed E-state index contributed by atoms with van der Waals surface area (Å²) in [4.78, 5) is 16.9. The predicted molar refractivity (Wildman–Crippen MR) is 126 cm³/mol. The number of benzene rings is 3. The van der Waals surface area contributed by atoms with Crippen LogP contribution in [0.3, 0.4) is 0 Å². The van der Waals surface area contributed by atoms with Crippen LogP contribution in [0.5, 0.6) is 5.75 Å². The number of rotatable bonds is 6. The SMILES string of the molecule is COC(=O)c1ccccc1OCc1nc2ccccc2n1Cc1ccc(C(C)(C)C)cc1. The predicted octanol–water partition coefficient (Wildman–Crippen LogP) is 5.75. The molecule has 0 bridgehead atoms. The third-order valence-corrected chi connectivity index (χ3v) is 5.54. The lowest BCUT2D eigenvalue weighted by Gasteiger charge is -2.19. The van der Waals surface area contributed by atoms with E-state index in [1.807, 2.05) is 24.3 Å². The lowest BCUT2D eigenvalue weighted by atomic mass is 9.87. The number of hydrogen-bond acceptors (Lipinski definition) is 4. The van der Waals surface area contributed by atoms with E-state index in [-0.39, 0.29) is 12.0 Å². The van der Waals surface area contributed by atoms with Gasteiger partial charge in [-0.3, -0.25) is 0 Å². The summed E-state index contributed by atoms with van der Waals surface area (Å²) < 4.78 is 13.1. The first-order chi connectivity index (χ1) is 15.4. The molecule has 0 aliphatic heterocycles. The van der Waals surface area contributed by atoms with Crippen LogP contribution in [0.25, 0.3) is 11.0 Å². The van der Waals surface area contributed by atoms with E-state index in [9.17, 15) is 4.79 Å². The van der Waals surface area contributed by atoms with Crippen molar-refractivity contribution in [3.05, 3.63) is 95.3 Å². The van der Waals surface area contributed by atoms with Crippen LogP contribution in [-0.4, -0.2) is 22.6 Å². The molecule has 0 aliphatic carbocycles. The van der Waals surface area contributed by atoms with Gasteiger partial charge in [-0.1, -0.05) is 69.3 Å². The lowest BCUT2D eigenvalue weighted by molar-refractivity contribution is 0.0595. The standard InChI is InChI=1S/C27H28N2O3/c1-27(2,3)20-15-13-19(14-16-20)17-29-23-11-7-6-10-22(23)28-25(29)18-32-24-12-8-5-9-21(24)26(30)31-4/h5-16H,17-18H2,1-4H3. The second-order valence-corrected chi connectivity index (χ2v) is 8.83. The summed E-state index contributed by atoms with van der Waals surface area (Å²) in [7, 11) is 1.36. The molecule has 0 aliphatic rings. The topological polar surface area (TPSA) is 53.4 Å². The number of aromatic nitrogens is 2. The van der Waals surface area contributed by atoms with Crippen LogP contribution in [0, 0.1) is 0 Å². The number of imidazole rings is 1. The molecule has 5 nitrogen and oxygen atoms in total. The first-order valence-electron chi connectivity index (χ1n) is 10.7. The molecular formula is C27H28N2O3. The highest BCUT2D eigenvalue weighted by Gasteiger charge is 2.16. The quantitative estimate of drug-likeness (QED) is 0.367. The van der Waals surface area contributed by atoms with Gasteiger partial charge >= 0.3 is 5.97 Å². The van der Waals surface area contributed by atoms with Crippen LogP contribution in [-0.2, 0) is 23.3 Å². The van der Waals surface area contributed by atoms with Gasteiger partial charge in [0.2, 0.25) is 0 Å². The highest BCUT2D eigenvalue weighted by Crippen LogP contribution is 2.25. The Kier molecular flexibility index (Phi) is 5.99. The van der Waals surface area contributed by atoms with Gasteiger partial charge in [-0.25, -0.2) is 9.78 Å². The molecular weight excluding hydrogens is 400 g/mol. The van der Waals surface area contributed by atoms with Crippen molar-refractivity contribution < 1.29 is 14.3 Å². The van der Waals surface area contributed by atoms with Crippen LogP contribution < -0.4 is 4.74 Å². The summed E-state index contributed by atoms with van der Waals surface area (Å²) in [6.45, 7) is 7.57. The maximum absolute atomic E-state index is 12.1. The monoisotopic (exact) mass is 428 g/mol. The third-order valence-electron chi connectivity index (χ3n) is 5.54. The van der Waals surface area contributed by atoms with Crippen LogP contribution in [0.2, 0.25) is 0 Å². The molecule has 4 rings (SSSR count). The number of para-hydroxylation sites is 3. The number of methoxy groups -OCH3 is 1. The molecule has 0 N–H and O–H groups in total. The second kappa shape index (κ2) is 8.87. The van der Waals surface area contributed by atoms with Crippen LogP contribution in [0.15, 0.2) is 72.8 Å². The number of hydrogen-bond donors (Lipinski definition) is 0. The molecule has 0 saturated heterocycles. The molecule has 0 saturated carbocycles. The van der Waals surface area contributed by atoms with Gasteiger partial charge < -0.3 is 14.0 Å². The molecule has 0 atom stereocenters. The van der Waals surface area contributed by atoms with E-state index >= 15 is 0 Å². The van der Waals surface area contributed by atoms with E-state index in [2.05, 4.69) is 55.7 Å². The minimum atomic E-state index is -0.423. The van der Waals surface area contributed by atoms with Gasteiger partial charge in [0.15, 0.2) is 0 Å². The highest BCUT2D eigenvalue weighted by molar-refractivity contribution is 5.92. The first kappa shape index (κ1) is 21.6. The number of esters is 1. The Labute approximate surface area is 188 Å². The third kappa shape index (κ3) is 4.52. The minimum Gasteiger partial charge on any atom is -0.485 e. The van der Waals surface area contributed by atoms with E-state index in [1.54, 1.807) is 18.2 Å². The molecule has 5 heteroatoms. The zero-order chi connectivity index (χ0) is 22.7. The van der Waals surface area contributed by atoms with Crippen molar-refractivity contribution in [2.75, 3.05) is 7.11 Å². The average Bonchev–Trinajstić information content (AvgIpc) is 3.14. The Hall–Kier alpha value is -3.60. The fourth-order valence-corrected chi connectivity index (χ4v) is 3.72. The molecule has 164 valence electrons. The summed E-state index contributed by atoms with van der Waals surface area (Å²) in [6.07, 6.45) is 0. The second-order valence-electron chi connectivity index (χ2n) is 8.83. The van der Waals surface area contributed by atoms with Crippen molar-refractivity contribution in [3.8, 4) is 5.75 Å². The Morgan fingerprint density at radius 1 is 0.938 bits per heavy atom. The number of carbonyl (C=O) groups is 1. The van der Waals surface area contributed by atoms with Gasteiger partial charge in [-0.2, -0.15) is 0 Å². The highest BCUT2D eigenvalue weighted by atomic mass is 16.5. The van der Waals surface area contributed by atoms with Gasteiger partial charge in [0.05, 0.1) is 18.1 Å². The molecule has 0 fully saturated rings. The van der Waals surface area contributed by atoms with Crippen molar-refractivity contribution in [1.29, 1.82) is 0 Å². The summed E-state index contributed by atoms with van der Waals surface area (Å²) in [6, 6.07) is 23.9. The molecule has 4 aromatic rings. The van der Waals surface area contributed by atoms with Crippen molar-refractivity contribution in [3.63, 3.8) is 0 Å². The summed E-state index contributed by atoms with van der Waals surface area (Å²) >= 11 is 0. The summed E-state index contributed by atoms with van der Waals surface area (Å²) in [5.74, 6) is 0.853. The molecule has 3 aromatic carbocycles. The van der Waals surface area contributed by atoms with Crippen LogP contribution in [0.4, 0.5) is 0 Å². The largest absolute Gasteiger partial charge is 0.485 e. The molecule has 1 heterocycles. The molecule has 0 radical (unpaired) electrons. The fourth-order valence-electron chi connectivity index (χ4n) is 3.72. The average molecular weight is 429 g/mol. The van der Waals surface area contributed by atoms with Crippen molar-refractivity contribution in [2.45, 2.75) is 39.3 Å². The minimum absolute atomic E-state index is 0.117. The molecule has 0 unspecified atom stereocenters. The van der Waals surface area contributed by atoms with Crippen LogP contribution >= 0.6 is 0 Å². The molecule has 0 spiro atoms. The maximum atomic E-state index is 12.1. The van der Waals surface area contributed by atoms with Gasteiger partial charge in [0.1, 0.15) is 23.7 Å². The van der Waals surface area contributed by atoms with E-state index < -0.39 is 5.97 Å². The zero-order valence-corrected chi connectivity index (χ0v) is 19.0. The van der Waals surface area contributed by atoms with Gasteiger partial charge in [-0.15, -0.1) is 0 Å². The van der Waals surface area contributed by atoms with Crippen molar-refractivity contribution in [1.82, 2.24) is 9.55 Å². The van der Waals surface area contributed by atoms with Crippen LogP contribution in [0.1, 0.15) is 48.1 Å². The van der Waals surface area contributed by atoms with Crippen molar-refractivity contribution >= 4 is 17.0 Å². The summed E-state index contributed by atoms with van der Waals surface area (Å²) in [5, 5.41) is 0. The Morgan fingerprint density at radius 2 is 1.62 bits per heavy atom. The van der Waals surface area contributed by atoms with Crippen molar-refractivity contribution in [2.24, 2.45) is 0 Å². The Balaban J connectivity index is 1.64. The summed E-state index contributed by atoms with van der Waals surface area (Å²) in [5.41, 5.74) is 4.98. The number of ether oxygens (including phenoxy) is 2. The molecule has 0 amide bonds. The van der Waals surface area contributed by atoms with E-state index in [0.717, 1.165) is 16.9 Å². The smallest absolute Gasteiger partial charge is 0.341 e. The first-order valence-corrected chi connectivity index (χ1v) is 10.7. The number of nitrogens with zero attached hydrogens (tertiary/aromatic N) is 2. The number of fused-ring (bicyclic) bond motifs is 1. The lowest BCUT2D eigenvalue weighted by Crippen LogP contribution is -2.12. The van der Waals surface area contributed by atoms with Gasteiger partial charge in [-0.05, 0) is 40.8 Å². The van der Waals surface area contributed by atoms with E-state index in [0.29, 0.717) is 17.9 Å². The fraction of sp³-hybridized carbons (Fsp3) is 0.259. The van der Waals surface area contributed by atoms with Gasteiger partial charge in [0.25, 0.3) is 0 Å². The molecule has 32 heavy (non-hydrogen) atoms. The Morgan fingerprint density at radius 3 is 2.34 bits per heavy atom.